The summed E-state index contributed by atoms with van der Waals surface area (Å²) < 4.78 is 17.0. The zero-order chi connectivity index (χ0) is 35.8. The first-order valence-electron chi connectivity index (χ1n) is 14.2. The summed E-state index contributed by atoms with van der Waals surface area (Å²) in [5, 5.41) is 40.8. The molecule has 0 unspecified atom stereocenters. The molecule has 0 fully saturated rings. The Hall–Kier alpha value is -7.33. The minimum atomic E-state index is -1.45. The molecule has 0 aliphatic rings. The molecule has 5 rings (SSSR count). The minimum absolute atomic E-state index is 0.0363. The predicted octanol–water partition coefficient (Wildman–Crippen LogP) is 7.21. The molecule has 16 nitrogen and oxygen atoms in total. The maximum absolute atomic E-state index is 12.7. The highest BCUT2D eigenvalue weighted by Crippen LogP contribution is 2.31. The number of nitro benzene ring substituents is 2. The molecule has 0 spiro atoms. The number of non-ortho nitro benzene ring substituents is 2. The standard InChI is InChI=1S/C34H22N2O14/c37-32(38)29-14-4-21(35(42)43)16-20(29)19-46-50-26-12-10-24(11-13-26)48-28-3-1-2-27(18-28)47-23-6-8-25(9-7-23)49-34(41)31-17-22(36(44)45)5-15-30(31)33(39)40/h1-18H,19H2,(H,37,38)(H,39,40). The number of aromatic carboxylic acids is 2. The van der Waals surface area contributed by atoms with Gasteiger partial charge in [0, 0.05) is 35.9 Å². The van der Waals surface area contributed by atoms with Crippen molar-refractivity contribution in [1.29, 1.82) is 0 Å². The number of hydrogen-bond donors (Lipinski definition) is 2. The quantitative estimate of drug-likeness (QED) is 0.0388. The van der Waals surface area contributed by atoms with Gasteiger partial charge in [-0.2, -0.15) is 4.89 Å². The van der Waals surface area contributed by atoms with Gasteiger partial charge in [-0.05, 0) is 72.8 Å². The third kappa shape index (κ3) is 8.52. The van der Waals surface area contributed by atoms with E-state index in [0.717, 1.165) is 36.4 Å². The lowest BCUT2D eigenvalue weighted by Crippen LogP contribution is -2.14. The van der Waals surface area contributed by atoms with Crippen LogP contribution in [0.4, 0.5) is 11.4 Å². The van der Waals surface area contributed by atoms with E-state index in [4.69, 9.17) is 24.0 Å². The molecule has 0 aliphatic carbocycles. The van der Waals surface area contributed by atoms with Crippen molar-refractivity contribution in [3.63, 3.8) is 0 Å². The number of esters is 1. The highest BCUT2D eigenvalue weighted by molar-refractivity contribution is 6.03. The number of ether oxygens (including phenoxy) is 3. The molecule has 0 bridgehead atoms. The van der Waals surface area contributed by atoms with Gasteiger partial charge in [-0.25, -0.2) is 14.4 Å². The molecule has 0 amide bonds. The van der Waals surface area contributed by atoms with Gasteiger partial charge in [-0.1, -0.05) is 6.07 Å². The van der Waals surface area contributed by atoms with Gasteiger partial charge in [-0.15, -0.1) is 0 Å². The van der Waals surface area contributed by atoms with Crippen LogP contribution in [0.3, 0.4) is 0 Å². The Morgan fingerprint density at radius 2 is 1.06 bits per heavy atom. The van der Waals surface area contributed by atoms with Crippen LogP contribution >= 0.6 is 0 Å². The van der Waals surface area contributed by atoms with Crippen molar-refractivity contribution in [3.8, 4) is 34.5 Å². The Balaban J connectivity index is 1.16. The minimum Gasteiger partial charge on any atom is -0.478 e. The molecule has 5 aromatic rings. The lowest BCUT2D eigenvalue weighted by Gasteiger charge is -2.11. The van der Waals surface area contributed by atoms with Crippen molar-refractivity contribution in [3.05, 3.63) is 152 Å². The molecule has 50 heavy (non-hydrogen) atoms. The van der Waals surface area contributed by atoms with Crippen LogP contribution in [0, 0.1) is 20.2 Å². The average Bonchev–Trinajstić information content (AvgIpc) is 3.09. The number of nitrogens with zero attached hydrogens (tertiary/aromatic N) is 2. The van der Waals surface area contributed by atoms with Gasteiger partial charge < -0.3 is 29.3 Å². The van der Waals surface area contributed by atoms with E-state index >= 15 is 0 Å². The number of carboxylic acids is 2. The van der Waals surface area contributed by atoms with Crippen LogP contribution in [0.25, 0.3) is 0 Å². The van der Waals surface area contributed by atoms with E-state index in [-0.39, 0.29) is 34.9 Å². The summed E-state index contributed by atoms with van der Waals surface area (Å²) in [5.41, 5.74) is -1.79. The van der Waals surface area contributed by atoms with Gasteiger partial charge in [0.1, 0.15) is 35.4 Å². The average molecular weight is 683 g/mol. The number of carbonyl (C=O) groups excluding carboxylic acids is 1. The highest BCUT2D eigenvalue weighted by atomic mass is 17.2. The summed E-state index contributed by atoms with van der Waals surface area (Å²) in [4.78, 5) is 66.6. The third-order valence-corrected chi connectivity index (χ3v) is 6.70. The van der Waals surface area contributed by atoms with Gasteiger partial charge in [0.15, 0.2) is 5.75 Å². The summed E-state index contributed by atoms with van der Waals surface area (Å²) in [5.74, 6) is -1.95. The fraction of sp³-hybridized carbons (Fsp3) is 0.0294. The number of carboxylic acid groups (broad SMARTS) is 2. The first kappa shape index (κ1) is 34.0. The van der Waals surface area contributed by atoms with Gasteiger partial charge in [0.25, 0.3) is 11.4 Å². The van der Waals surface area contributed by atoms with E-state index in [9.17, 15) is 44.8 Å². The fourth-order valence-electron chi connectivity index (χ4n) is 4.36. The molecule has 0 atom stereocenters. The van der Waals surface area contributed by atoms with Gasteiger partial charge >= 0.3 is 17.9 Å². The van der Waals surface area contributed by atoms with Crippen molar-refractivity contribution in [1.82, 2.24) is 0 Å². The van der Waals surface area contributed by atoms with Crippen LogP contribution in [-0.2, 0) is 11.5 Å². The summed E-state index contributed by atoms with van der Waals surface area (Å²) in [6.45, 7) is -0.365. The van der Waals surface area contributed by atoms with Crippen LogP contribution in [0.5, 0.6) is 34.5 Å². The molecular weight excluding hydrogens is 660 g/mol. The third-order valence-electron chi connectivity index (χ3n) is 6.70. The zero-order valence-electron chi connectivity index (χ0n) is 25.3. The molecule has 0 saturated heterocycles. The van der Waals surface area contributed by atoms with Gasteiger partial charge in [-0.3, -0.25) is 20.2 Å². The Kier molecular flexibility index (Phi) is 10.2. The Labute approximate surface area is 280 Å². The number of hydrogen-bond acceptors (Lipinski definition) is 12. The highest BCUT2D eigenvalue weighted by Gasteiger charge is 2.22. The molecule has 0 radical (unpaired) electrons. The lowest BCUT2D eigenvalue weighted by atomic mass is 10.1. The van der Waals surface area contributed by atoms with E-state index in [2.05, 4.69) is 0 Å². The second kappa shape index (κ2) is 15.1. The van der Waals surface area contributed by atoms with E-state index in [1.165, 1.54) is 36.4 Å². The fourth-order valence-corrected chi connectivity index (χ4v) is 4.36. The van der Waals surface area contributed by atoms with Crippen molar-refractivity contribution < 1.29 is 58.4 Å². The smallest absolute Gasteiger partial charge is 0.344 e. The number of benzene rings is 5. The van der Waals surface area contributed by atoms with Gasteiger partial charge in [0.2, 0.25) is 0 Å². The second-order valence-corrected chi connectivity index (χ2v) is 10.1. The van der Waals surface area contributed by atoms with Crippen LogP contribution < -0.4 is 19.1 Å². The van der Waals surface area contributed by atoms with Gasteiger partial charge in [0.05, 0.1) is 26.5 Å². The van der Waals surface area contributed by atoms with Crippen molar-refractivity contribution in [2.45, 2.75) is 6.61 Å². The van der Waals surface area contributed by atoms with E-state index < -0.39 is 44.6 Å². The Morgan fingerprint density at radius 1 is 0.560 bits per heavy atom. The van der Waals surface area contributed by atoms with E-state index in [1.807, 2.05) is 0 Å². The van der Waals surface area contributed by atoms with Crippen LogP contribution in [0.2, 0.25) is 0 Å². The molecule has 252 valence electrons. The normalized spacial score (nSPS) is 10.5. The monoisotopic (exact) mass is 682 g/mol. The number of carbonyl (C=O) groups is 3. The lowest BCUT2D eigenvalue weighted by molar-refractivity contribution is -0.385. The second-order valence-electron chi connectivity index (χ2n) is 10.1. The van der Waals surface area contributed by atoms with Crippen molar-refractivity contribution >= 4 is 29.3 Å². The predicted molar refractivity (Wildman–Crippen MR) is 170 cm³/mol. The van der Waals surface area contributed by atoms with Crippen molar-refractivity contribution in [2.24, 2.45) is 0 Å². The molecule has 0 aliphatic heterocycles. The van der Waals surface area contributed by atoms with Crippen molar-refractivity contribution in [2.75, 3.05) is 0 Å². The molecule has 5 aromatic carbocycles. The largest absolute Gasteiger partial charge is 0.478 e. The maximum Gasteiger partial charge on any atom is 0.344 e. The zero-order valence-corrected chi connectivity index (χ0v) is 25.3. The van der Waals surface area contributed by atoms with Crippen LogP contribution in [0.1, 0.15) is 36.6 Å². The number of rotatable bonds is 14. The SMILES string of the molecule is O=C(O)c1ccc([N+](=O)[O-])cc1COOc1ccc(Oc2cccc(Oc3ccc(OC(=O)c4cc([N+](=O)[O-])ccc4C(=O)O)cc3)c2)cc1. The molecule has 2 N–H and O–H groups in total. The summed E-state index contributed by atoms with van der Waals surface area (Å²) in [6.07, 6.45) is 0. The summed E-state index contributed by atoms with van der Waals surface area (Å²) in [6, 6.07) is 24.7. The van der Waals surface area contributed by atoms with E-state index in [0.29, 0.717) is 23.0 Å². The molecule has 16 heteroatoms. The maximum atomic E-state index is 12.7. The molecule has 0 saturated carbocycles. The first-order valence-corrected chi connectivity index (χ1v) is 14.2. The number of nitro groups is 2. The Morgan fingerprint density at radius 3 is 1.60 bits per heavy atom. The molecule has 0 aromatic heterocycles. The van der Waals surface area contributed by atoms with Crippen LogP contribution in [0.15, 0.2) is 109 Å². The summed E-state index contributed by atoms with van der Waals surface area (Å²) in [7, 11) is 0. The molecular formula is C34H22N2O14. The summed E-state index contributed by atoms with van der Waals surface area (Å²) >= 11 is 0. The Bertz CT molecular complexity index is 2100. The van der Waals surface area contributed by atoms with Crippen LogP contribution in [-0.4, -0.2) is 38.0 Å². The first-order chi connectivity index (χ1) is 24.0. The molecule has 0 heterocycles. The topological polar surface area (TPSA) is 224 Å². The van der Waals surface area contributed by atoms with E-state index in [1.54, 1.807) is 36.4 Å².